The van der Waals surface area contributed by atoms with Gasteiger partial charge in [-0.1, -0.05) is 68.1 Å². The normalized spacial score (nSPS) is 13.4. The highest BCUT2D eigenvalue weighted by molar-refractivity contribution is 6.01. The zero-order valence-electron chi connectivity index (χ0n) is 23.6. The van der Waals surface area contributed by atoms with Crippen molar-refractivity contribution in [3.8, 4) is 6.07 Å². The first-order valence-electron chi connectivity index (χ1n) is 13.4. The van der Waals surface area contributed by atoms with Gasteiger partial charge in [0, 0.05) is 18.8 Å². The summed E-state index contributed by atoms with van der Waals surface area (Å²) in [6.07, 6.45) is 13.2. The molecule has 2 rings (SSSR count). The number of hydrogen-bond donors (Lipinski definition) is 3. The Bertz CT molecular complexity index is 1350. The Morgan fingerprint density at radius 2 is 1.77 bits per heavy atom. The fourth-order valence-electron chi connectivity index (χ4n) is 3.93. The molecular weight excluding hydrogens is 499 g/mol. The lowest BCUT2D eigenvalue weighted by atomic mass is 9.95. The van der Waals surface area contributed by atoms with E-state index in [-0.39, 0.29) is 12.4 Å². The number of nitrogens with zero attached hydrogens (tertiary/aromatic N) is 2. The molecule has 2 aromatic rings. The monoisotopic (exact) mass is 538 g/mol. The lowest BCUT2D eigenvalue weighted by Gasteiger charge is -2.10. The van der Waals surface area contributed by atoms with E-state index in [1.54, 1.807) is 24.4 Å². The molecule has 0 saturated carbocycles. The molecule has 0 spiro atoms. The van der Waals surface area contributed by atoms with Gasteiger partial charge in [0.1, 0.15) is 5.82 Å². The third kappa shape index (κ3) is 10.0. The maximum absolute atomic E-state index is 13.4. The van der Waals surface area contributed by atoms with Gasteiger partial charge in [0.2, 0.25) is 0 Å². The number of allylic oxidation sites excluding steroid dienone is 9. The molecule has 0 heterocycles. The van der Waals surface area contributed by atoms with Crippen LogP contribution in [0.2, 0.25) is 0 Å². The fraction of sp³-hybridized carbons (Fsp3) is 0.235. The maximum Gasteiger partial charge on any atom is 0.123 e. The van der Waals surface area contributed by atoms with Crippen LogP contribution in [0.25, 0.3) is 11.3 Å². The Morgan fingerprint density at radius 1 is 1.10 bits per heavy atom. The summed E-state index contributed by atoms with van der Waals surface area (Å²) in [5.74, 6) is -0.282. The number of aliphatic hydroxyl groups is 1. The van der Waals surface area contributed by atoms with Crippen LogP contribution in [-0.4, -0.2) is 17.4 Å². The highest BCUT2D eigenvalue weighted by atomic mass is 19.1. The van der Waals surface area contributed by atoms with Crippen molar-refractivity contribution in [1.82, 2.24) is 5.32 Å². The molecule has 0 aliphatic rings. The number of nitrogens with one attached hydrogen (secondary N) is 1. The van der Waals surface area contributed by atoms with E-state index >= 15 is 0 Å². The van der Waals surface area contributed by atoms with Gasteiger partial charge in [-0.05, 0) is 91.4 Å². The number of aliphatic imine (C=N–C) groups is 1. The van der Waals surface area contributed by atoms with Gasteiger partial charge in [-0.2, -0.15) is 5.26 Å². The second-order valence-corrected chi connectivity index (χ2v) is 8.98. The van der Waals surface area contributed by atoms with E-state index in [2.05, 4.69) is 29.0 Å². The van der Waals surface area contributed by atoms with Crippen LogP contribution in [0.5, 0.6) is 0 Å². The van der Waals surface area contributed by atoms with Crippen molar-refractivity contribution in [2.24, 2.45) is 10.7 Å². The molecule has 4 N–H and O–H groups in total. The highest BCUT2D eigenvalue weighted by Gasteiger charge is 2.08. The first-order chi connectivity index (χ1) is 19.4. The number of hydrogen-bond acceptors (Lipinski definition) is 5. The van der Waals surface area contributed by atoms with Crippen molar-refractivity contribution in [1.29, 1.82) is 5.26 Å². The summed E-state index contributed by atoms with van der Waals surface area (Å²) in [4.78, 5) is 4.67. The first-order valence-corrected chi connectivity index (χ1v) is 13.4. The second-order valence-electron chi connectivity index (χ2n) is 8.98. The molecule has 208 valence electrons. The van der Waals surface area contributed by atoms with E-state index in [1.165, 1.54) is 12.1 Å². The van der Waals surface area contributed by atoms with Crippen molar-refractivity contribution in [2.45, 2.75) is 46.6 Å². The van der Waals surface area contributed by atoms with Crippen LogP contribution in [0.3, 0.4) is 0 Å². The van der Waals surface area contributed by atoms with Crippen LogP contribution in [0.4, 0.5) is 4.39 Å². The number of aliphatic hydroxyl groups excluding tert-OH is 1. The molecule has 0 unspecified atom stereocenters. The topological polar surface area (TPSA) is 94.4 Å². The van der Waals surface area contributed by atoms with Crippen LogP contribution in [0.15, 0.2) is 114 Å². The number of nitriles is 1. The minimum Gasteiger partial charge on any atom is -0.398 e. The summed E-state index contributed by atoms with van der Waals surface area (Å²) in [6.45, 7) is 10.3. The minimum absolute atomic E-state index is 0.0721. The fourth-order valence-corrected chi connectivity index (χ4v) is 3.93. The van der Waals surface area contributed by atoms with E-state index in [1.807, 2.05) is 63.3 Å². The molecule has 0 atom stereocenters. The van der Waals surface area contributed by atoms with E-state index < -0.39 is 0 Å². The largest absolute Gasteiger partial charge is 0.398 e. The molecule has 0 aromatic heterocycles. The van der Waals surface area contributed by atoms with Crippen LogP contribution in [0.1, 0.15) is 56.7 Å². The summed E-state index contributed by atoms with van der Waals surface area (Å²) in [7, 11) is 0. The van der Waals surface area contributed by atoms with E-state index in [0.717, 1.165) is 40.0 Å². The molecule has 0 fully saturated rings. The third-order valence-corrected chi connectivity index (χ3v) is 6.03. The molecule has 0 aliphatic heterocycles. The Morgan fingerprint density at radius 3 is 2.33 bits per heavy atom. The average molecular weight is 539 g/mol. The molecule has 2 aromatic carbocycles. The molecule has 0 saturated heterocycles. The molecule has 40 heavy (non-hydrogen) atoms. The van der Waals surface area contributed by atoms with Gasteiger partial charge < -0.3 is 16.2 Å². The molecule has 0 aliphatic carbocycles. The zero-order chi connectivity index (χ0) is 29.3. The quantitative estimate of drug-likeness (QED) is 0.133. The number of halogens is 1. The van der Waals surface area contributed by atoms with Crippen LogP contribution < -0.4 is 11.1 Å². The van der Waals surface area contributed by atoms with Crippen molar-refractivity contribution in [3.05, 3.63) is 131 Å². The maximum atomic E-state index is 13.4. The Labute approximate surface area is 238 Å². The SMILES string of the molecule is C=C(N)C(CCCO)=N/C(=C\C)c1ccc(CN\C=C/C(C#N)=C\C(=C/C)C(=CCC)c2ccc(F)cc2)cc1. The molecule has 0 radical (unpaired) electrons. The first kappa shape index (κ1) is 31.7. The van der Waals surface area contributed by atoms with E-state index in [4.69, 9.17) is 10.8 Å². The van der Waals surface area contributed by atoms with E-state index in [0.29, 0.717) is 36.4 Å². The molecule has 0 bridgehead atoms. The number of nitrogens with two attached hydrogens (primary N) is 1. The lowest BCUT2D eigenvalue weighted by molar-refractivity contribution is 0.291. The van der Waals surface area contributed by atoms with Gasteiger partial charge in [0.15, 0.2) is 0 Å². The highest BCUT2D eigenvalue weighted by Crippen LogP contribution is 2.26. The van der Waals surface area contributed by atoms with Gasteiger partial charge in [-0.15, -0.1) is 0 Å². The Kier molecular flexibility index (Phi) is 13.6. The Balaban J connectivity index is 2.10. The van der Waals surface area contributed by atoms with Crippen LogP contribution >= 0.6 is 0 Å². The summed E-state index contributed by atoms with van der Waals surface area (Å²) >= 11 is 0. The van der Waals surface area contributed by atoms with Crippen molar-refractivity contribution < 1.29 is 9.50 Å². The second kappa shape index (κ2) is 17.2. The average Bonchev–Trinajstić information content (AvgIpc) is 2.97. The molecule has 6 heteroatoms. The van der Waals surface area contributed by atoms with Gasteiger partial charge in [0.25, 0.3) is 0 Å². The predicted molar refractivity (Wildman–Crippen MR) is 165 cm³/mol. The van der Waals surface area contributed by atoms with Gasteiger partial charge in [-0.25, -0.2) is 4.39 Å². The van der Waals surface area contributed by atoms with Crippen LogP contribution in [0, 0.1) is 17.1 Å². The Hall–Kier alpha value is -4.47. The lowest BCUT2D eigenvalue weighted by Crippen LogP contribution is -2.11. The van der Waals surface area contributed by atoms with Gasteiger partial charge in [-0.3, -0.25) is 4.99 Å². The summed E-state index contributed by atoms with van der Waals surface area (Å²) in [6, 6.07) is 16.7. The number of benzene rings is 2. The predicted octanol–water partition coefficient (Wildman–Crippen LogP) is 7.37. The zero-order valence-corrected chi connectivity index (χ0v) is 23.6. The van der Waals surface area contributed by atoms with E-state index in [9.17, 15) is 9.65 Å². The standard InChI is InChI=1S/C34H39FN4O/c1-5-9-32(29-15-17-31(35)18-16-29)28(6-2)22-27(23-36)19-20-38-24-26-11-13-30(14-12-26)33(7-3)39-34(25(4)37)10-8-21-40/h6-7,9,11-20,22,38,40H,4-5,8,10,21,24,37H2,1-3H3/b20-19-,27-22+,28-6+,32-9?,33-7-,39-34?. The number of rotatable bonds is 14. The van der Waals surface area contributed by atoms with Crippen molar-refractivity contribution >= 4 is 17.0 Å². The summed E-state index contributed by atoms with van der Waals surface area (Å²) in [5.41, 5.74) is 13.0. The van der Waals surface area contributed by atoms with Gasteiger partial charge >= 0.3 is 0 Å². The van der Waals surface area contributed by atoms with Gasteiger partial charge in [0.05, 0.1) is 23.1 Å². The van der Waals surface area contributed by atoms with Crippen LogP contribution in [-0.2, 0) is 6.54 Å². The summed E-state index contributed by atoms with van der Waals surface area (Å²) in [5, 5.41) is 22.1. The van der Waals surface area contributed by atoms with Crippen molar-refractivity contribution in [3.63, 3.8) is 0 Å². The third-order valence-electron chi connectivity index (χ3n) is 6.03. The molecular formula is C34H39FN4O. The molecule has 0 amide bonds. The van der Waals surface area contributed by atoms with Crippen molar-refractivity contribution in [2.75, 3.05) is 6.61 Å². The smallest absolute Gasteiger partial charge is 0.123 e. The summed E-state index contributed by atoms with van der Waals surface area (Å²) < 4.78 is 13.4. The molecule has 5 nitrogen and oxygen atoms in total. The minimum atomic E-state index is -0.282.